The summed E-state index contributed by atoms with van der Waals surface area (Å²) >= 11 is 0. The van der Waals surface area contributed by atoms with Gasteiger partial charge in [-0.1, -0.05) is 12.1 Å². The number of aryl methyl sites for hydroxylation is 1. The smallest absolute Gasteiger partial charge is 0.259 e. The number of nitrogens with zero attached hydrogens (tertiary/aromatic N) is 5. The summed E-state index contributed by atoms with van der Waals surface area (Å²) in [5.74, 6) is 1.66. The van der Waals surface area contributed by atoms with Gasteiger partial charge in [-0.15, -0.1) is 0 Å². The van der Waals surface area contributed by atoms with Crippen LogP contribution >= 0.6 is 0 Å². The second-order valence-electron chi connectivity index (χ2n) is 13.7. The number of piperidine rings is 2. The monoisotopic (exact) mass is 678 g/mol. The third-order valence-corrected chi connectivity index (χ3v) is 10.4. The van der Waals surface area contributed by atoms with E-state index in [-0.39, 0.29) is 23.8 Å². The van der Waals surface area contributed by atoms with Gasteiger partial charge in [0.25, 0.3) is 11.5 Å². The zero-order valence-corrected chi connectivity index (χ0v) is 29.1. The van der Waals surface area contributed by atoms with Gasteiger partial charge >= 0.3 is 0 Å². The van der Waals surface area contributed by atoms with Crippen LogP contribution in [0.15, 0.2) is 53.6 Å². The minimum atomic E-state index is -0.615. The maximum Gasteiger partial charge on any atom is 0.259 e. The number of aromatic nitrogens is 2. The minimum Gasteiger partial charge on any atom is -0.496 e. The maximum atomic E-state index is 13.4. The summed E-state index contributed by atoms with van der Waals surface area (Å²) in [6.45, 7) is 2.75. The number of imide groups is 1. The Kier molecular flexibility index (Phi) is 8.81. The van der Waals surface area contributed by atoms with Gasteiger partial charge in [0.15, 0.2) is 0 Å². The number of pyridine rings is 2. The number of fused-ring (bicyclic) bond motifs is 2. The van der Waals surface area contributed by atoms with Crippen LogP contribution in [0.2, 0.25) is 0 Å². The molecular formula is C38H42N6O6. The van der Waals surface area contributed by atoms with Crippen LogP contribution in [-0.2, 0) is 29.7 Å². The van der Waals surface area contributed by atoms with E-state index >= 15 is 0 Å². The van der Waals surface area contributed by atoms with Gasteiger partial charge in [-0.2, -0.15) is 0 Å². The van der Waals surface area contributed by atoms with Crippen LogP contribution in [0.1, 0.15) is 58.6 Å². The lowest BCUT2D eigenvalue weighted by Gasteiger charge is -2.33. The Morgan fingerprint density at radius 3 is 2.30 bits per heavy atom. The predicted molar refractivity (Wildman–Crippen MR) is 190 cm³/mol. The molecule has 3 amide bonds. The van der Waals surface area contributed by atoms with E-state index in [1.54, 1.807) is 36.9 Å². The first-order valence-corrected chi connectivity index (χ1v) is 17.0. The molecule has 0 aliphatic carbocycles. The van der Waals surface area contributed by atoms with Crippen molar-refractivity contribution in [3.63, 3.8) is 0 Å². The topological polar surface area (TPSA) is 126 Å². The lowest BCUT2D eigenvalue weighted by molar-refractivity contribution is -0.136. The highest BCUT2D eigenvalue weighted by molar-refractivity contribution is 6.05. The zero-order valence-electron chi connectivity index (χ0n) is 29.1. The van der Waals surface area contributed by atoms with Crippen LogP contribution in [0, 0.1) is 0 Å². The lowest BCUT2D eigenvalue weighted by atomic mass is 9.87. The van der Waals surface area contributed by atoms with Crippen molar-refractivity contribution in [1.82, 2.24) is 24.7 Å². The molecule has 1 unspecified atom stereocenters. The summed E-state index contributed by atoms with van der Waals surface area (Å²) in [6.07, 6.45) is 5.94. The van der Waals surface area contributed by atoms with Crippen LogP contribution in [0.3, 0.4) is 0 Å². The quantitative estimate of drug-likeness (QED) is 0.277. The molecule has 1 N–H and O–H groups in total. The van der Waals surface area contributed by atoms with Gasteiger partial charge < -0.3 is 23.8 Å². The SMILES string of the molecule is COc1cc(-c2cn(C)c(=O)c3cnc(N(C)C)cc23)cc(OC)c1CN1CCC(c2ccc3c(c2)C(=O)N(C2CCC(=O)NC2=O)C3)CC1. The number of methoxy groups -OCH3 is 2. The van der Waals surface area contributed by atoms with Crippen molar-refractivity contribution in [2.75, 3.05) is 46.3 Å². The van der Waals surface area contributed by atoms with Crippen molar-refractivity contribution in [3.05, 3.63) is 81.4 Å². The van der Waals surface area contributed by atoms with E-state index in [2.05, 4.69) is 21.3 Å². The first-order chi connectivity index (χ1) is 24.1. The van der Waals surface area contributed by atoms with E-state index in [1.807, 2.05) is 55.5 Å². The summed E-state index contributed by atoms with van der Waals surface area (Å²) < 4.78 is 13.5. The molecule has 12 heteroatoms. The molecule has 3 aliphatic rings. The molecule has 260 valence electrons. The molecule has 2 aromatic heterocycles. The molecule has 7 rings (SSSR count). The Balaban J connectivity index is 1.08. The molecule has 3 aliphatic heterocycles. The van der Waals surface area contributed by atoms with Crippen molar-refractivity contribution in [2.45, 2.75) is 50.7 Å². The number of rotatable bonds is 8. The number of ether oxygens (including phenoxy) is 2. The number of hydrogen-bond acceptors (Lipinski definition) is 9. The number of amides is 3. The molecular weight excluding hydrogens is 636 g/mol. The van der Waals surface area contributed by atoms with E-state index in [0.29, 0.717) is 47.9 Å². The van der Waals surface area contributed by atoms with Crippen LogP contribution in [0.4, 0.5) is 5.82 Å². The summed E-state index contributed by atoms with van der Waals surface area (Å²) in [4.78, 5) is 60.9. The third kappa shape index (κ3) is 5.97. The van der Waals surface area contributed by atoms with Crippen molar-refractivity contribution in [1.29, 1.82) is 0 Å². The van der Waals surface area contributed by atoms with Gasteiger partial charge in [0, 0.05) is 69.6 Å². The van der Waals surface area contributed by atoms with Gasteiger partial charge in [0.1, 0.15) is 23.4 Å². The molecule has 4 aromatic rings. The average molecular weight is 679 g/mol. The number of anilines is 1. The first-order valence-electron chi connectivity index (χ1n) is 17.0. The highest BCUT2D eigenvalue weighted by atomic mass is 16.5. The fraction of sp³-hybridized carbons (Fsp3) is 0.395. The molecule has 12 nitrogen and oxygen atoms in total. The number of benzene rings is 2. The van der Waals surface area contributed by atoms with Crippen LogP contribution in [0.25, 0.3) is 21.9 Å². The molecule has 0 spiro atoms. The molecule has 0 bridgehead atoms. The second kappa shape index (κ2) is 13.2. The Bertz CT molecular complexity index is 2060. The molecule has 5 heterocycles. The van der Waals surface area contributed by atoms with Crippen molar-refractivity contribution in [2.24, 2.45) is 7.05 Å². The second-order valence-corrected chi connectivity index (χ2v) is 13.7. The fourth-order valence-corrected chi connectivity index (χ4v) is 7.59. The Labute approximate surface area is 290 Å². The van der Waals surface area contributed by atoms with Gasteiger partial charge in [-0.3, -0.25) is 29.4 Å². The standard InChI is InChI=1S/C38H42N6O6/c1-41(2)34-17-27-28(18-39-34)37(47)42(3)20-29(27)25-15-32(49-4)30(33(16-25)50-5)21-43-12-10-22(11-13-43)23-6-7-24-19-44(38(48)26(24)14-23)31-8-9-35(45)40-36(31)46/h6-7,14-18,20,22,31H,8-13,19,21H2,1-5H3,(H,40,45,46). The molecule has 2 aromatic carbocycles. The highest BCUT2D eigenvalue weighted by Gasteiger charge is 2.39. The highest BCUT2D eigenvalue weighted by Crippen LogP contribution is 2.40. The molecule has 2 fully saturated rings. The van der Waals surface area contributed by atoms with Gasteiger partial charge in [0.2, 0.25) is 11.8 Å². The number of hydrogen-bond donors (Lipinski definition) is 1. The zero-order chi connectivity index (χ0) is 35.3. The molecule has 1 atom stereocenters. The number of likely N-dealkylation sites (tertiary alicyclic amines) is 1. The number of nitrogens with one attached hydrogen (secondary N) is 1. The third-order valence-electron chi connectivity index (χ3n) is 10.4. The van der Waals surface area contributed by atoms with Crippen molar-refractivity contribution < 1.29 is 23.9 Å². The van der Waals surface area contributed by atoms with E-state index in [9.17, 15) is 19.2 Å². The largest absolute Gasteiger partial charge is 0.496 e. The first kappa shape index (κ1) is 33.3. The number of carbonyl (C=O) groups is 3. The Morgan fingerprint density at radius 2 is 1.64 bits per heavy atom. The van der Waals surface area contributed by atoms with Crippen LogP contribution < -0.4 is 25.2 Å². The van der Waals surface area contributed by atoms with Crippen LogP contribution in [0.5, 0.6) is 11.5 Å². The number of carbonyl (C=O) groups excluding carboxylic acids is 3. The summed E-state index contributed by atoms with van der Waals surface area (Å²) in [7, 11) is 8.91. The van der Waals surface area contributed by atoms with Gasteiger partial charge in [-0.25, -0.2) is 4.98 Å². The molecule has 50 heavy (non-hydrogen) atoms. The van der Waals surface area contributed by atoms with Gasteiger partial charge in [-0.05, 0) is 79.2 Å². The maximum absolute atomic E-state index is 13.4. The summed E-state index contributed by atoms with van der Waals surface area (Å²) in [6, 6.07) is 11.5. The molecule has 0 saturated carbocycles. The van der Waals surface area contributed by atoms with E-state index in [4.69, 9.17) is 9.47 Å². The Hall–Kier alpha value is -5.23. The van der Waals surface area contributed by atoms with Gasteiger partial charge in [0.05, 0.1) is 25.2 Å². The van der Waals surface area contributed by atoms with E-state index in [1.165, 1.54) is 0 Å². The summed E-state index contributed by atoms with van der Waals surface area (Å²) in [5.41, 5.74) is 5.32. The van der Waals surface area contributed by atoms with Crippen molar-refractivity contribution >= 4 is 34.3 Å². The fourth-order valence-electron chi connectivity index (χ4n) is 7.59. The summed E-state index contributed by atoms with van der Waals surface area (Å²) in [5, 5.41) is 3.72. The average Bonchev–Trinajstić information content (AvgIpc) is 3.44. The van der Waals surface area contributed by atoms with Crippen molar-refractivity contribution in [3.8, 4) is 22.6 Å². The predicted octanol–water partition coefficient (Wildman–Crippen LogP) is 3.82. The Morgan fingerprint density at radius 1 is 0.920 bits per heavy atom. The van der Waals surface area contributed by atoms with E-state index in [0.717, 1.165) is 65.0 Å². The molecule has 2 saturated heterocycles. The lowest BCUT2D eigenvalue weighted by Crippen LogP contribution is -2.52. The van der Waals surface area contributed by atoms with Crippen LogP contribution in [-0.4, -0.2) is 84.5 Å². The normalized spacial score (nSPS) is 18.4. The molecule has 0 radical (unpaired) electrons. The van der Waals surface area contributed by atoms with E-state index < -0.39 is 11.9 Å². The minimum absolute atomic E-state index is 0.110.